The molecule has 5 atom stereocenters. The predicted molar refractivity (Wildman–Crippen MR) is 87.0 cm³/mol. The van der Waals surface area contributed by atoms with Gasteiger partial charge < -0.3 is 30.9 Å². The molecule has 1 heterocycles. The molecule has 0 spiro atoms. The number of ether oxygens (including phenoxy) is 1. The largest absolute Gasteiger partial charge is 0.479 e. The van der Waals surface area contributed by atoms with Gasteiger partial charge in [-0.05, 0) is 6.08 Å². The molecule has 0 saturated heterocycles. The van der Waals surface area contributed by atoms with E-state index in [-0.39, 0.29) is 5.96 Å². The number of nitrogens with one attached hydrogen (secondary N) is 2. The number of carboxylic acids is 1. The van der Waals surface area contributed by atoms with E-state index in [2.05, 4.69) is 20.0 Å². The predicted octanol–water partition coefficient (Wildman–Crippen LogP) is -4.18. The number of aliphatic carboxylic acids is 1. The van der Waals surface area contributed by atoms with Gasteiger partial charge in [0.05, 0.1) is 32.1 Å². The molecule has 0 aromatic carbocycles. The maximum Gasteiger partial charge on any atom is 0.370 e. The van der Waals surface area contributed by atoms with Crippen LogP contribution in [0.3, 0.4) is 0 Å². The van der Waals surface area contributed by atoms with Gasteiger partial charge in [-0.15, -0.1) is 0 Å². The molecule has 0 fully saturated rings. The number of sulfonamides is 1. The average Bonchev–Trinajstić information content (AvgIpc) is 2.53. The van der Waals surface area contributed by atoms with Gasteiger partial charge >= 0.3 is 5.97 Å². The van der Waals surface area contributed by atoms with E-state index in [1.165, 1.54) is 7.11 Å². The second kappa shape index (κ2) is 9.11. The lowest BCUT2D eigenvalue weighted by molar-refractivity contribution is -0.144. The van der Waals surface area contributed by atoms with Gasteiger partial charge in [0, 0.05) is 0 Å². The summed E-state index contributed by atoms with van der Waals surface area (Å²) in [7, 11) is -2.63. The molecule has 0 saturated carbocycles. The number of hydroxylamine groups is 1. The summed E-state index contributed by atoms with van der Waals surface area (Å²) in [6, 6.07) is -2.58. The monoisotopic (exact) mass is 398 g/mol. The van der Waals surface area contributed by atoms with Crippen LogP contribution in [0, 0.1) is 0 Å². The van der Waals surface area contributed by atoms with Crippen LogP contribution in [0.5, 0.6) is 0 Å². The maximum absolute atomic E-state index is 11.7. The lowest BCUT2D eigenvalue weighted by Crippen LogP contribution is -2.60. The molecule has 1 aliphatic heterocycles. The Balaban J connectivity index is 3.39. The van der Waals surface area contributed by atoms with Gasteiger partial charge in [-0.2, -0.15) is 0 Å². The highest BCUT2D eigenvalue weighted by Crippen LogP contribution is 2.25. The Hall–Kier alpha value is -1.97. The van der Waals surface area contributed by atoms with Crippen LogP contribution in [0.4, 0.5) is 0 Å². The Morgan fingerprint density at radius 1 is 1.50 bits per heavy atom. The van der Waals surface area contributed by atoms with Crippen LogP contribution in [-0.4, -0.2) is 91.1 Å². The molecule has 0 aromatic rings. The molecule has 150 valence electrons. The summed E-state index contributed by atoms with van der Waals surface area (Å²) < 4.78 is 30.6. The summed E-state index contributed by atoms with van der Waals surface area (Å²) >= 11 is 0. The molecular formula is C12H22N4O9S. The highest BCUT2D eigenvalue weighted by Gasteiger charge is 2.44. The molecule has 26 heavy (non-hydrogen) atoms. The molecule has 0 amide bonds. The van der Waals surface area contributed by atoms with Gasteiger partial charge in [-0.3, -0.25) is 4.84 Å². The Morgan fingerprint density at radius 3 is 2.58 bits per heavy atom. The van der Waals surface area contributed by atoms with E-state index in [9.17, 15) is 23.4 Å². The summed E-state index contributed by atoms with van der Waals surface area (Å²) in [5.41, 5.74) is 7.72. The Morgan fingerprint density at radius 2 is 2.12 bits per heavy atom. The third kappa shape index (κ3) is 6.08. The highest BCUT2D eigenvalue weighted by atomic mass is 32.2. The minimum Gasteiger partial charge on any atom is -0.479 e. The molecule has 1 rings (SSSR count). The topological polar surface area (TPSA) is 213 Å². The number of carbonyl (C=O) groups is 1. The van der Waals surface area contributed by atoms with Crippen LogP contribution in [0.25, 0.3) is 0 Å². The molecule has 0 aromatic heterocycles. The number of aliphatic hydroxyl groups is 3. The molecule has 0 radical (unpaired) electrons. The zero-order valence-electron chi connectivity index (χ0n) is 13.9. The molecule has 0 bridgehead atoms. The molecular weight excluding hydrogens is 376 g/mol. The van der Waals surface area contributed by atoms with Gasteiger partial charge in [-0.25, -0.2) is 28.4 Å². The van der Waals surface area contributed by atoms with Gasteiger partial charge in [0.2, 0.25) is 21.7 Å². The van der Waals surface area contributed by atoms with E-state index in [1.807, 2.05) is 0 Å². The van der Waals surface area contributed by atoms with E-state index in [0.717, 1.165) is 12.3 Å². The quantitative estimate of drug-likeness (QED) is 0.118. The normalized spacial score (nSPS) is 26.4. The number of carboxylic acid groups (broad SMARTS) is 1. The summed E-state index contributed by atoms with van der Waals surface area (Å²) in [6.45, 7) is -0.875. The van der Waals surface area contributed by atoms with E-state index in [4.69, 9.17) is 20.7 Å². The van der Waals surface area contributed by atoms with Crippen LogP contribution in [0.2, 0.25) is 0 Å². The van der Waals surface area contributed by atoms with Gasteiger partial charge in [0.25, 0.3) is 0 Å². The first-order chi connectivity index (χ1) is 12.0. The fourth-order valence-corrected chi connectivity index (χ4v) is 3.00. The number of aliphatic hydroxyl groups excluding tert-OH is 3. The molecule has 13 nitrogen and oxygen atoms in total. The first kappa shape index (κ1) is 22.1. The Kier molecular flexibility index (Phi) is 7.73. The number of aliphatic imine (C=N–C) groups is 1. The second-order valence-corrected chi connectivity index (χ2v) is 7.17. The van der Waals surface area contributed by atoms with E-state index in [1.54, 1.807) is 0 Å². The zero-order valence-corrected chi connectivity index (χ0v) is 14.8. The van der Waals surface area contributed by atoms with Crippen molar-refractivity contribution >= 4 is 22.0 Å². The van der Waals surface area contributed by atoms with Crippen molar-refractivity contribution in [3.05, 3.63) is 11.8 Å². The third-order valence-corrected chi connectivity index (χ3v) is 3.98. The minimum absolute atomic E-state index is 0.309. The standard InChI is InChI=1S/C12H22N4O9S/c1-24-15-12(13)14-5-3-7(11(20)21)25-10(9(19)6(18)4-17)8(5)16-26(2,22)23/h3,5-6,8-10,16-19H,4H2,1-2H3,(H,20,21)(H3,13,14,15)/t5-,6+,8+,9+,10+/m0/s1. The lowest BCUT2D eigenvalue weighted by atomic mass is 9.93. The lowest BCUT2D eigenvalue weighted by Gasteiger charge is -2.38. The fraction of sp³-hybridized carbons (Fsp3) is 0.667. The number of rotatable bonds is 8. The average molecular weight is 398 g/mol. The Labute approximate surface area is 149 Å². The van der Waals surface area contributed by atoms with Crippen LogP contribution in [0.15, 0.2) is 16.8 Å². The zero-order chi connectivity index (χ0) is 20.1. The fourth-order valence-electron chi connectivity index (χ4n) is 2.24. The summed E-state index contributed by atoms with van der Waals surface area (Å²) in [6.07, 6.45) is -3.35. The van der Waals surface area contributed by atoms with Gasteiger partial charge in [-0.1, -0.05) is 0 Å². The summed E-state index contributed by atoms with van der Waals surface area (Å²) in [5, 5.41) is 38.0. The summed E-state index contributed by atoms with van der Waals surface area (Å²) in [5.74, 6) is -2.47. The van der Waals surface area contributed by atoms with Crippen molar-refractivity contribution in [2.45, 2.75) is 30.4 Å². The van der Waals surface area contributed by atoms with Crippen molar-refractivity contribution < 1.29 is 43.2 Å². The number of hydrogen-bond acceptors (Lipinski definition) is 9. The smallest absolute Gasteiger partial charge is 0.370 e. The van der Waals surface area contributed by atoms with Crippen molar-refractivity contribution in [2.75, 3.05) is 20.0 Å². The molecule has 14 heteroatoms. The highest BCUT2D eigenvalue weighted by molar-refractivity contribution is 7.88. The van der Waals surface area contributed by atoms with Crippen molar-refractivity contribution in [3.63, 3.8) is 0 Å². The van der Waals surface area contributed by atoms with Crippen molar-refractivity contribution in [3.8, 4) is 0 Å². The van der Waals surface area contributed by atoms with E-state index >= 15 is 0 Å². The van der Waals surface area contributed by atoms with Crippen LogP contribution in [0.1, 0.15) is 0 Å². The van der Waals surface area contributed by atoms with Crippen molar-refractivity contribution in [2.24, 2.45) is 10.7 Å². The molecule has 8 N–H and O–H groups in total. The maximum atomic E-state index is 11.7. The third-order valence-electron chi connectivity index (χ3n) is 3.28. The molecule has 0 aliphatic carbocycles. The minimum atomic E-state index is -3.86. The van der Waals surface area contributed by atoms with Crippen molar-refractivity contribution in [1.29, 1.82) is 0 Å². The number of hydrogen-bond donors (Lipinski definition) is 7. The van der Waals surface area contributed by atoms with Crippen LogP contribution >= 0.6 is 0 Å². The number of guanidine groups is 1. The van der Waals surface area contributed by atoms with E-state index in [0.29, 0.717) is 0 Å². The molecule has 0 unspecified atom stereocenters. The SMILES string of the molecule is CONC(N)=N[C@H]1C=C(C(=O)O)O[C@@H]([C@H](O)[C@H](O)CO)[C@@H]1NS(C)(=O)=O. The number of nitrogens with two attached hydrogens (primary N) is 1. The second-order valence-electron chi connectivity index (χ2n) is 5.39. The van der Waals surface area contributed by atoms with Gasteiger partial charge in [0.1, 0.15) is 18.3 Å². The number of nitrogens with zero attached hydrogens (tertiary/aromatic N) is 1. The van der Waals surface area contributed by atoms with Crippen LogP contribution < -0.4 is 15.9 Å². The first-order valence-electron chi connectivity index (χ1n) is 7.18. The first-order valence-corrected chi connectivity index (χ1v) is 9.07. The van der Waals surface area contributed by atoms with Gasteiger partial charge in [0.15, 0.2) is 0 Å². The Bertz CT molecular complexity index is 666. The van der Waals surface area contributed by atoms with Crippen molar-refractivity contribution in [1.82, 2.24) is 10.2 Å². The molecule has 1 aliphatic rings. The van der Waals surface area contributed by atoms with E-state index < -0.39 is 58.8 Å². The van der Waals surface area contributed by atoms with Crippen LogP contribution in [-0.2, 0) is 24.4 Å². The summed E-state index contributed by atoms with van der Waals surface area (Å²) in [4.78, 5) is 19.7.